The van der Waals surface area contributed by atoms with Gasteiger partial charge in [-0.3, -0.25) is 19.2 Å². The molecule has 58 heavy (non-hydrogen) atoms. The summed E-state index contributed by atoms with van der Waals surface area (Å²) < 4.78 is 73.9. The lowest BCUT2D eigenvalue weighted by Gasteiger charge is -2.32. The average Bonchev–Trinajstić information content (AvgIpc) is 3.19. The van der Waals surface area contributed by atoms with Crippen LogP contribution in [0.3, 0.4) is 0 Å². The molecule has 3 saturated heterocycles. The molecule has 3 aliphatic rings. The van der Waals surface area contributed by atoms with Crippen molar-refractivity contribution in [3.63, 3.8) is 0 Å². The maximum atomic E-state index is 12.3. The highest BCUT2D eigenvalue weighted by Gasteiger charge is 2.44. The zero-order valence-corrected chi connectivity index (χ0v) is 32.5. The van der Waals surface area contributed by atoms with Crippen molar-refractivity contribution in [2.45, 2.75) is 70.6 Å². The molecule has 16 heteroatoms. The Labute approximate surface area is 340 Å². The largest absolute Gasteiger partial charge is 0.471 e. The number of halogens is 6. The summed E-state index contributed by atoms with van der Waals surface area (Å²) in [5.41, 5.74) is 5.02. The first-order valence-electron chi connectivity index (χ1n) is 19.4. The van der Waals surface area contributed by atoms with E-state index in [1.165, 1.54) is 5.56 Å². The maximum Gasteiger partial charge on any atom is 0.471 e. The summed E-state index contributed by atoms with van der Waals surface area (Å²) in [6.07, 6.45) is -3.78. The smallest absolute Gasteiger partial charge is 0.343 e. The molecule has 0 aromatic heterocycles. The first kappa shape index (κ1) is 46.2. The molecule has 0 atom stereocenters. The molecular weight excluding hydrogens is 757 g/mol. The number of rotatable bonds is 6. The van der Waals surface area contributed by atoms with Crippen LogP contribution < -0.4 is 16.4 Å². The quantitative estimate of drug-likeness (QED) is 0.208. The second-order valence-corrected chi connectivity index (χ2v) is 15.1. The van der Waals surface area contributed by atoms with Crippen molar-refractivity contribution in [3.8, 4) is 0 Å². The Morgan fingerprint density at radius 3 is 1.16 bits per heavy atom. The summed E-state index contributed by atoms with van der Waals surface area (Å²) in [4.78, 5) is 49.2. The summed E-state index contributed by atoms with van der Waals surface area (Å²) in [6, 6.07) is 22.0. The topological polar surface area (TPSA) is 78.0 Å². The fourth-order valence-corrected chi connectivity index (χ4v) is 7.35. The minimum Gasteiger partial charge on any atom is -0.343 e. The molecule has 0 N–H and O–H groups in total. The van der Waals surface area contributed by atoms with E-state index >= 15 is 0 Å². The van der Waals surface area contributed by atoms with Gasteiger partial charge in [-0.2, -0.15) is 26.3 Å². The normalized spacial score (nSPS) is 17.1. The molecule has 0 unspecified atom stereocenters. The van der Waals surface area contributed by atoms with Crippen molar-refractivity contribution in [2.75, 3.05) is 39.3 Å². The van der Waals surface area contributed by atoms with Gasteiger partial charge in [0.15, 0.2) is 5.78 Å². The van der Waals surface area contributed by atoms with Crippen LogP contribution in [0.25, 0.3) is 0 Å². The van der Waals surface area contributed by atoms with Crippen molar-refractivity contribution in [1.82, 2.24) is 14.7 Å². The zero-order chi connectivity index (χ0) is 42.6. The van der Waals surface area contributed by atoms with E-state index in [-0.39, 0.29) is 56.6 Å². The van der Waals surface area contributed by atoms with Crippen LogP contribution in [0.5, 0.6) is 0 Å². The first-order valence-corrected chi connectivity index (χ1v) is 19.4. The van der Waals surface area contributed by atoms with Crippen LogP contribution in [0.15, 0.2) is 72.8 Å². The van der Waals surface area contributed by atoms with E-state index in [9.17, 15) is 45.5 Å². The average molecular weight is 803 g/mol. The Hall–Kier alpha value is -4.49. The Morgan fingerprint density at radius 1 is 0.517 bits per heavy atom. The minimum absolute atomic E-state index is 0.0519. The van der Waals surface area contributed by atoms with Crippen LogP contribution in [0.1, 0.15) is 66.9 Å². The Balaban J connectivity index is 0.000000194. The van der Waals surface area contributed by atoms with Crippen LogP contribution in [-0.4, -0.2) is 113 Å². The molecule has 0 aliphatic carbocycles. The number of likely N-dealkylation sites (tertiary alicyclic amines) is 3. The van der Waals surface area contributed by atoms with E-state index in [1.807, 2.05) is 41.3 Å². The molecule has 3 aromatic rings. The predicted molar refractivity (Wildman–Crippen MR) is 213 cm³/mol. The molecule has 0 spiro atoms. The molecule has 3 aliphatic heterocycles. The van der Waals surface area contributed by atoms with Gasteiger partial charge in [0.1, 0.15) is 23.5 Å². The highest BCUT2D eigenvalue weighted by atomic mass is 19.4. The number of alkyl halides is 6. The number of hydrogen-bond acceptors (Lipinski definition) is 4. The fourth-order valence-electron chi connectivity index (χ4n) is 7.35. The lowest BCUT2D eigenvalue weighted by molar-refractivity contribution is -0.186. The Morgan fingerprint density at radius 2 is 0.828 bits per heavy atom. The summed E-state index contributed by atoms with van der Waals surface area (Å²) in [5.74, 6) is -2.80. The molecule has 7 nitrogen and oxygen atoms in total. The van der Waals surface area contributed by atoms with E-state index in [4.69, 9.17) is 23.5 Å². The van der Waals surface area contributed by atoms with Crippen LogP contribution in [-0.2, 0) is 27.2 Å². The van der Waals surface area contributed by atoms with Crippen LogP contribution in [0.2, 0.25) is 0 Å². The summed E-state index contributed by atoms with van der Waals surface area (Å²) in [7, 11) is 16.8. The second kappa shape index (κ2) is 21.0. The molecule has 6 radical (unpaired) electrons. The second-order valence-electron chi connectivity index (χ2n) is 15.1. The van der Waals surface area contributed by atoms with Gasteiger partial charge in [0.05, 0.1) is 0 Å². The Bertz CT molecular complexity index is 1800. The summed E-state index contributed by atoms with van der Waals surface area (Å²) in [5, 5.41) is 0. The number of carbonyl (C=O) groups is 4. The molecule has 3 aromatic carbocycles. The van der Waals surface area contributed by atoms with Crippen LogP contribution in [0.4, 0.5) is 26.3 Å². The van der Waals surface area contributed by atoms with E-state index in [0.29, 0.717) is 41.2 Å². The molecule has 0 bridgehead atoms. The van der Waals surface area contributed by atoms with E-state index < -0.39 is 24.2 Å². The number of piperidine rings is 3. The maximum absolute atomic E-state index is 12.3. The summed E-state index contributed by atoms with van der Waals surface area (Å²) in [6.45, 7) is 3.73. The third-order valence-corrected chi connectivity index (χ3v) is 10.8. The summed E-state index contributed by atoms with van der Waals surface area (Å²) >= 11 is 0. The third kappa shape index (κ3) is 14.4. The van der Waals surface area contributed by atoms with Gasteiger partial charge < -0.3 is 14.7 Å². The Kier molecular flexibility index (Phi) is 16.7. The monoisotopic (exact) mass is 803 g/mol. The number of ketones is 1. The standard InChI is InChI=1S/C14H13BF3NO2.C14H15BF3NO.C14H18BNO/c15-11-3-1-9(2-4-11)12(20)10-5-7-19(8-6-10)13(21)14(16,17)18;15-12-3-1-10(2-4-12)9-11-5-7-19(8-6-11)13(20)14(16,17)18;1-11(17)16-8-6-13(7-9-16)10-12-2-4-14(15)5-3-12/h1-4,10H,5-8H2;1-4,11H,5-9H2;2-5,13H,6-10H2,1H3. The van der Waals surface area contributed by atoms with Gasteiger partial charge in [-0.15, -0.1) is 0 Å². The van der Waals surface area contributed by atoms with Gasteiger partial charge in [-0.1, -0.05) is 89.2 Å². The number of Topliss-reactive ketones (excluding diaryl/α,β-unsaturated/α-hetero) is 1. The van der Waals surface area contributed by atoms with Gasteiger partial charge in [0.2, 0.25) is 5.91 Å². The van der Waals surface area contributed by atoms with Gasteiger partial charge in [-0.25, -0.2) is 0 Å². The lowest BCUT2D eigenvalue weighted by atomic mass is 9.87. The highest BCUT2D eigenvalue weighted by Crippen LogP contribution is 2.27. The molecular formula is C42H46B3F6N3O4. The highest BCUT2D eigenvalue weighted by molar-refractivity contribution is 6.32. The van der Waals surface area contributed by atoms with E-state index in [2.05, 4.69) is 12.1 Å². The molecule has 3 heterocycles. The molecule has 3 fully saturated rings. The van der Waals surface area contributed by atoms with Crippen molar-refractivity contribution < 1.29 is 45.5 Å². The van der Waals surface area contributed by atoms with Gasteiger partial charge >= 0.3 is 24.2 Å². The van der Waals surface area contributed by atoms with Gasteiger partial charge in [0, 0.05) is 57.7 Å². The number of nitrogens with zero attached hydrogens (tertiary/aromatic N) is 3. The number of amides is 3. The lowest BCUT2D eigenvalue weighted by Crippen LogP contribution is -2.46. The number of hydrogen-bond donors (Lipinski definition) is 0. The molecule has 0 saturated carbocycles. The minimum atomic E-state index is -4.85. The van der Waals surface area contributed by atoms with E-state index in [0.717, 1.165) is 59.6 Å². The van der Waals surface area contributed by atoms with Crippen molar-refractivity contribution in [2.24, 2.45) is 17.8 Å². The van der Waals surface area contributed by atoms with Crippen LogP contribution >= 0.6 is 0 Å². The predicted octanol–water partition coefficient (Wildman–Crippen LogP) is 4.57. The fraction of sp³-hybridized carbons (Fsp3) is 0.476. The van der Waals surface area contributed by atoms with Crippen molar-refractivity contribution >= 4 is 63.4 Å². The molecule has 304 valence electrons. The molecule has 3 amide bonds. The molecule has 6 rings (SSSR count). The number of benzene rings is 3. The number of carbonyl (C=O) groups excluding carboxylic acids is 4. The van der Waals surface area contributed by atoms with Gasteiger partial charge in [0.25, 0.3) is 0 Å². The zero-order valence-electron chi connectivity index (χ0n) is 32.5. The van der Waals surface area contributed by atoms with Crippen molar-refractivity contribution in [3.05, 3.63) is 89.5 Å². The first-order chi connectivity index (χ1) is 27.3. The SMILES string of the molecule is [B]c1ccc(C(=O)C2CCN(C(=O)C(F)(F)F)CC2)cc1.[B]c1ccc(CC2CCN(C(=O)C(F)(F)F)CC2)cc1.[B]c1ccc(CC2CCN(C(C)=O)CC2)cc1. The van der Waals surface area contributed by atoms with Crippen LogP contribution in [0, 0.1) is 17.8 Å². The third-order valence-electron chi connectivity index (χ3n) is 10.8. The van der Waals surface area contributed by atoms with E-state index in [1.54, 1.807) is 31.2 Å². The van der Waals surface area contributed by atoms with Crippen molar-refractivity contribution in [1.29, 1.82) is 0 Å². The van der Waals surface area contributed by atoms with Gasteiger partial charge in [-0.05, 0) is 74.3 Å².